The molecular formula is C5H9NO2S. The normalized spacial score (nSPS) is 8.22. The molecular weight excluding hydrogens is 138 g/mol. The molecule has 0 spiro atoms. The zero-order chi connectivity index (χ0) is 7.28. The number of hydrogen-bond acceptors (Lipinski definition) is 3. The highest BCUT2D eigenvalue weighted by molar-refractivity contribution is 7.80. The summed E-state index contributed by atoms with van der Waals surface area (Å²) in [5.74, 6) is -0.119. The van der Waals surface area contributed by atoms with Crippen LogP contribution in [0.4, 0.5) is 0 Å². The molecule has 0 aliphatic rings. The van der Waals surface area contributed by atoms with E-state index in [0.717, 1.165) is 0 Å². The molecule has 0 aliphatic heterocycles. The molecule has 0 aliphatic carbocycles. The molecule has 0 aromatic carbocycles. The lowest BCUT2D eigenvalue weighted by atomic mass is 10.7. The molecule has 0 radical (unpaired) electrons. The van der Waals surface area contributed by atoms with Crippen molar-refractivity contribution in [1.29, 1.82) is 0 Å². The minimum Gasteiger partial charge on any atom is -0.467 e. The first-order chi connectivity index (χ1) is 4.13. The molecule has 4 heteroatoms. The van der Waals surface area contributed by atoms with E-state index >= 15 is 0 Å². The molecule has 0 saturated carbocycles. The van der Waals surface area contributed by atoms with Gasteiger partial charge in [0.2, 0.25) is 5.91 Å². The minimum atomic E-state index is -0.119. The first-order valence-corrected chi connectivity index (χ1v) is 2.91. The Bertz CT molecular complexity index is 110. The van der Waals surface area contributed by atoms with Crippen LogP contribution in [0.5, 0.6) is 0 Å². The topological polar surface area (TPSA) is 38.3 Å². The van der Waals surface area contributed by atoms with Gasteiger partial charge in [0.05, 0.1) is 0 Å². The molecule has 0 rings (SSSR count). The minimum absolute atomic E-state index is 0.119. The molecule has 0 unspecified atom stereocenters. The van der Waals surface area contributed by atoms with Gasteiger partial charge in [-0.25, -0.2) is 0 Å². The van der Waals surface area contributed by atoms with Gasteiger partial charge in [0.25, 0.3) is 0 Å². The Balaban J connectivity index is 3.10. The summed E-state index contributed by atoms with van der Waals surface area (Å²) < 4.78 is 4.75. The van der Waals surface area contributed by atoms with Gasteiger partial charge in [0.1, 0.15) is 0 Å². The van der Waals surface area contributed by atoms with Gasteiger partial charge >= 0.3 is 0 Å². The van der Waals surface area contributed by atoms with Crippen molar-refractivity contribution >= 4 is 23.2 Å². The summed E-state index contributed by atoms with van der Waals surface area (Å²) >= 11 is 4.57. The van der Waals surface area contributed by atoms with Crippen molar-refractivity contribution in [3.63, 3.8) is 0 Å². The van der Waals surface area contributed by atoms with E-state index in [4.69, 9.17) is 4.74 Å². The van der Waals surface area contributed by atoms with E-state index in [1.165, 1.54) is 6.92 Å². The second-order valence-corrected chi connectivity index (χ2v) is 2.09. The van der Waals surface area contributed by atoms with Crippen molar-refractivity contribution < 1.29 is 9.53 Å². The SMILES string of the molecule is CC(=O)NCOC(C)=S. The summed E-state index contributed by atoms with van der Waals surface area (Å²) in [5.41, 5.74) is 0. The Labute approximate surface area is 59.4 Å². The summed E-state index contributed by atoms with van der Waals surface area (Å²) in [5, 5.41) is 2.86. The molecule has 3 nitrogen and oxygen atoms in total. The number of carbonyl (C=O) groups excluding carboxylic acids is 1. The lowest BCUT2D eigenvalue weighted by Gasteiger charge is -2.01. The summed E-state index contributed by atoms with van der Waals surface area (Å²) in [6.45, 7) is 3.24. The number of nitrogens with one attached hydrogen (secondary N) is 1. The van der Waals surface area contributed by atoms with Gasteiger partial charge in [0, 0.05) is 13.8 Å². The number of amides is 1. The zero-order valence-electron chi connectivity index (χ0n) is 5.43. The van der Waals surface area contributed by atoms with E-state index in [1.807, 2.05) is 0 Å². The van der Waals surface area contributed by atoms with E-state index in [9.17, 15) is 4.79 Å². The zero-order valence-corrected chi connectivity index (χ0v) is 6.25. The highest BCUT2D eigenvalue weighted by atomic mass is 32.1. The fraction of sp³-hybridized carbons (Fsp3) is 0.600. The molecule has 9 heavy (non-hydrogen) atoms. The summed E-state index contributed by atoms with van der Waals surface area (Å²) in [6.07, 6.45) is 0. The van der Waals surface area contributed by atoms with Crippen LogP contribution in [0.2, 0.25) is 0 Å². The van der Waals surface area contributed by atoms with Crippen molar-refractivity contribution in [2.24, 2.45) is 0 Å². The predicted molar refractivity (Wildman–Crippen MR) is 38.0 cm³/mol. The van der Waals surface area contributed by atoms with Crippen LogP contribution in [0, 0.1) is 0 Å². The predicted octanol–water partition coefficient (Wildman–Crippen LogP) is 0.444. The lowest BCUT2D eigenvalue weighted by Crippen LogP contribution is -2.23. The Kier molecular flexibility index (Phi) is 3.96. The van der Waals surface area contributed by atoms with Crippen molar-refractivity contribution in [2.45, 2.75) is 13.8 Å². The summed E-state index contributed by atoms with van der Waals surface area (Å²) in [6, 6.07) is 0. The van der Waals surface area contributed by atoms with Crippen LogP contribution in [0.15, 0.2) is 0 Å². The van der Waals surface area contributed by atoms with Crippen LogP contribution >= 0.6 is 12.2 Å². The molecule has 0 fully saturated rings. The average Bonchev–Trinajstić information content (AvgIpc) is 1.63. The van der Waals surface area contributed by atoms with Crippen LogP contribution in [0.25, 0.3) is 0 Å². The van der Waals surface area contributed by atoms with Gasteiger partial charge in [-0.2, -0.15) is 0 Å². The quantitative estimate of drug-likeness (QED) is 0.455. The molecule has 1 amide bonds. The van der Waals surface area contributed by atoms with Crippen LogP contribution in [-0.4, -0.2) is 17.7 Å². The summed E-state index contributed by atoms with van der Waals surface area (Å²) in [4.78, 5) is 10.2. The molecule has 0 aromatic rings. The second-order valence-electron chi connectivity index (χ2n) is 1.51. The first kappa shape index (κ1) is 8.36. The van der Waals surface area contributed by atoms with E-state index in [0.29, 0.717) is 5.05 Å². The molecule has 1 N–H and O–H groups in total. The Morgan fingerprint density at radius 2 is 2.22 bits per heavy atom. The van der Waals surface area contributed by atoms with Crippen LogP contribution in [0.3, 0.4) is 0 Å². The fourth-order valence-electron chi connectivity index (χ4n) is 0.239. The highest BCUT2D eigenvalue weighted by Crippen LogP contribution is 1.75. The van der Waals surface area contributed by atoms with E-state index in [-0.39, 0.29) is 12.6 Å². The van der Waals surface area contributed by atoms with Crippen LogP contribution in [-0.2, 0) is 9.53 Å². The van der Waals surface area contributed by atoms with Crippen molar-refractivity contribution in [3.05, 3.63) is 0 Å². The number of hydrogen-bond donors (Lipinski definition) is 1. The second kappa shape index (κ2) is 4.26. The largest absolute Gasteiger partial charge is 0.467 e. The number of ether oxygens (including phenoxy) is 1. The maximum Gasteiger partial charge on any atom is 0.219 e. The highest BCUT2D eigenvalue weighted by Gasteiger charge is 1.88. The van der Waals surface area contributed by atoms with Crippen molar-refractivity contribution in [3.8, 4) is 0 Å². The molecule has 0 bridgehead atoms. The smallest absolute Gasteiger partial charge is 0.219 e. The van der Waals surface area contributed by atoms with E-state index in [2.05, 4.69) is 17.5 Å². The van der Waals surface area contributed by atoms with E-state index in [1.54, 1.807) is 6.92 Å². The number of thiocarbonyl (C=S) groups is 1. The van der Waals surface area contributed by atoms with Gasteiger partial charge in [0.15, 0.2) is 11.8 Å². The van der Waals surface area contributed by atoms with Crippen LogP contribution in [0.1, 0.15) is 13.8 Å². The van der Waals surface area contributed by atoms with Gasteiger partial charge in [-0.05, 0) is 12.2 Å². The first-order valence-electron chi connectivity index (χ1n) is 2.50. The van der Waals surface area contributed by atoms with Gasteiger partial charge in [-0.1, -0.05) is 0 Å². The van der Waals surface area contributed by atoms with Crippen LogP contribution < -0.4 is 5.32 Å². The Hall–Kier alpha value is -0.640. The van der Waals surface area contributed by atoms with Crippen molar-refractivity contribution in [1.82, 2.24) is 5.32 Å². The molecule has 0 atom stereocenters. The Morgan fingerprint density at radius 3 is 2.56 bits per heavy atom. The van der Waals surface area contributed by atoms with Gasteiger partial charge < -0.3 is 10.1 Å². The third-order valence-electron chi connectivity index (χ3n) is 0.597. The third kappa shape index (κ3) is 7.36. The maximum atomic E-state index is 10.2. The average molecular weight is 147 g/mol. The number of carbonyl (C=O) groups is 1. The Morgan fingerprint density at radius 1 is 1.67 bits per heavy atom. The maximum absolute atomic E-state index is 10.2. The third-order valence-corrected chi connectivity index (χ3v) is 0.714. The molecule has 0 aromatic heterocycles. The van der Waals surface area contributed by atoms with Gasteiger partial charge in [-0.3, -0.25) is 4.79 Å². The fourth-order valence-corrected chi connectivity index (χ4v) is 0.298. The molecule has 0 saturated heterocycles. The number of rotatable bonds is 2. The van der Waals surface area contributed by atoms with Gasteiger partial charge in [-0.15, -0.1) is 0 Å². The summed E-state index contributed by atoms with van der Waals surface area (Å²) in [7, 11) is 0. The lowest BCUT2D eigenvalue weighted by molar-refractivity contribution is -0.119. The monoisotopic (exact) mass is 147 g/mol. The standard InChI is InChI=1S/C5H9NO2S/c1-4(7)6-3-8-5(2)9/h3H2,1-2H3,(H,6,7). The van der Waals surface area contributed by atoms with E-state index < -0.39 is 0 Å². The van der Waals surface area contributed by atoms with Crippen molar-refractivity contribution in [2.75, 3.05) is 6.73 Å². The molecule has 0 heterocycles. The molecule has 52 valence electrons.